The molecule has 0 saturated carbocycles. The van der Waals surface area contributed by atoms with Gasteiger partial charge in [0, 0.05) is 10.6 Å². The summed E-state index contributed by atoms with van der Waals surface area (Å²) in [5, 5.41) is 13.3. The quantitative estimate of drug-likeness (QED) is 0.496. The molecule has 88 valence electrons. The Hall–Kier alpha value is -2.13. The average Bonchev–Trinajstić information content (AvgIpc) is 2.39. The van der Waals surface area contributed by atoms with Gasteiger partial charge in [-0.15, -0.1) is 0 Å². The van der Waals surface area contributed by atoms with E-state index in [-0.39, 0.29) is 0 Å². The van der Waals surface area contributed by atoms with Gasteiger partial charge in [-0.25, -0.2) is 4.73 Å². The second kappa shape index (κ2) is 4.27. The fraction of sp³-hybridized carbons (Fsp3) is 0. The minimum atomic E-state index is 0.572. The van der Waals surface area contributed by atoms with Gasteiger partial charge in [0.25, 0.3) is 6.33 Å². The molecule has 0 spiro atoms. The fourth-order valence-corrected chi connectivity index (χ4v) is 2.15. The second-order valence-electron chi connectivity index (χ2n) is 3.95. The van der Waals surface area contributed by atoms with Crippen LogP contribution in [0.3, 0.4) is 0 Å². The number of fused-ring (bicyclic) bond motifs is 1. The summed E-state index contributed by atoms with van der Waals surface area (Å²) in [4.78, 5) is 4.10. The van der Waals surface area contributed by atoms with Gasteiger partial charge in [-0.1, -0.05) is 41.9 Å². The highest BCUT2D eigenvalue weighted by Crippen LogP contribution is 2.26. The molecule has 0 aliphatic rings. The molecule has 2 aromatic carbocycles. The summed E-state index contributed by atoms with van der Waals surface area (Å²) >= 11 is 5.99. The SMILES string of the molecule is [O-][n+]1cnc2ccc(Cl)cc2c1-c1ccccc1. The van der Waals surface area contributed by atoms with Crippen LogP contribution in [0.4, 0.5) is 0 Å². The minimum Gasteiger partial charge on any atom is -0.710 e. The van der Waals surface area contributed by atoms with E-state index in [1.807, 2.05) is 36.4 Å². The van der Waals surface area contributed by atoms with Gasteiger partial charge in [0.15, 0.2) is 5.52 Å². The van der Waals surface area contributed by atoms with Crippen molar-refractivity contribution in [3.8, 4) is 11.3 Å². The molecular weight excluding hydrogens is 248 g/mol. The van der Waals surface area contributed by atoms with Crippen LogP contribution in [0.25, 0.3) is 22.2 Å². The summed E-state index contributed by atoms with van der Waals surface area (Å²) in [6, 6.07) is 14.8. The molecule has 0 unspecified atom stereocenters. The van der Waals surface area contributed by atoms with Crippen LogP contribution >= 0.6 is 11.6 Å². The van der Waals surface area contributed by atoms with Crippen LogP contribution in [-0.2, 0) is 0 Å². The molecule has 3 aromatic rings. The second-order valence-corrected chi connectivity index (χ2v) is 4.38. The number of hydrogen-bond acceptors (Lipinski definition) is 2. The third-order valence-electron chi connectivity index (χ3n) is 2.78. The van der Waals surface area contributed by atoms with Crippen molar-refractivity contribution in [3.63, 3.8) is 0 Å². The number of halogens is 1. The van der Waals surface area contributed by atoms with E-state index in [0.717, 1.165) is 21.2 Å². The van der Waals surface area contributed by atoms with Crippen LogP contribution in [0.5, 0.6) is 0 Å². The first kappa shape index (κ1) is 11.0. The summed E-state index contributed by atoms with van der Waals surface area (Å²) < 4.78 is 0.772. The number of rotatable bonds is 1. The maximum absolute atomic E-state index is 12.0. The summed E-state index contributed by atoms with van der Waals surface area (Å²) in [5.41, 5.74) is 2.18. The van der Waals surface area contributed by atoms with Crippen LogP contribution in [0.2, 0.25) is 5.02 Å². The first-order chi connectivity index (χ1) is 8.75. The highest BCUT2D eigenvalue weighted by Gasteiger charge is 2.13. The highest BCUT2D eigenvalue weighted by atomic mass is 35.5. The Morgan fingerprint density at radius 3 is 2.61 bits per heavy atom. The Kier molecular flexibility index (Phi) is 2.61. The van der Waals surface area contributed by atoms with Gasteiger partial charge in [-0.05, 0) is 23.2 Å². The lowest BCUT2D eigenvalue weighted by Crippen LogP contribution is -2.29. The molecular formula is C14H9ClN2O. The predicted molar refractivity (Wildman–Crippen MR) is 71.1 cm³/mol. The van der Waals surface area contributed by atoms with Gasteiger partial charge >= 0.3 is 0 Å². The molecule has 18 heavy (non-hydrogen) atoms. The molecule has 0 radical (unpaired) electrons. The van der Waals surface area contributed by atoms with Gasteiger partial charge < -0.3 is 5.21 Å². The lowest BCUT2D eigenvalue weighted by atomic mass is 10.1. The third kappa shape index (κ3) is 1.79. The Labute approximate surface area is 109 Å². The lowest BCUT2D eigenvalue weighted by molar-refractivity contribution is -0.595. The average molecular weight is 257 g/mol. The van der Waals surface area contributed by atoms with E-state index in [1.165, 1.54) is 6.33 Å². The zero-order valence-electron chi connectivity index (χ0n) is 9.38. The molecule has 0 N–H and O–H groups in total. The van der Waals surface area contributed by atoms with Gasteiger partial charge in [-0.3, -0.25) is 0 Å². The van der Waals surface area contributed by atoms with E-state index in [0.29, 0.717) is 10.7 Å². The third-order valence-corrected chi connectivity index (χ3v) is 3.02. The normalized spacial score (nSPS) is 10.7. The van der Waals surface area contributed by atoms with Crippen molar-refractivity contribution in [3.05, 3.63) is 65.1 Å². The number of hydrogen-bond donors (Lipinski definition) is 0. The van der Waals surface area contributed by atoms with Crippen molar-refractivity contribution in [2.24, 2.45) is 0 Å². The number of nitrogens with zero attached hydrogens (tertiary/aromatic N) is 2. The summed E-state index contributed by atoms with van der Waals surface area (Å²) in [5.74, 6) is 0. The molecule has 1 aromatic heterocycles. The molecule has 1 heterocycles. The Morgan fingerprint density at radius 1 is 1.06 bits per heavy atom. The van der Waals surface area contributed by atoms with E-state index in [9.17, 15) is 5.21 Å². The standard InChI is InChI=1S/C14H9ClN2O/c15-11-6-7-13-12(8-11)14(17(18)9-16-13)10-4-2-1-3-5-10/h1-9H. The highest BCUT2D eigenvalue weighted by molar-refractivity contribution is 6.31. The van der Waals surface area contributed by atoms with Crippen LogP contribution in [-0.4, -0.2) is 4.98 Å². The first-order valence-electron chi connectivity index (χ1n) is 5.48. The molecule has 0 atom stereocenters. The van der Waals surface area contributed by atoms with E-state index in [1.54, 1.807) is 12.1 Å². The van der Waals surface area contributed by atoms with E-state index >= 15 is 0 Å². The van der Waals surface area contributed by atoms with Crippen molar-refractivity contribution in [1.29, 1.82) is 0 Å². The van der Waals surface area contributed by atoms with Crippen LogP contribution < -0.4 is 4.73 Å². The summed E-state index contributed by atoms with van der Waals surface area (Å²) in [6.07, 6.45) is 1.28. The minimum absolute atomic E-state index is 0.572. The zero-order valence-corrected chi connectivity index (χ0v) is 10.1. The predicted octanol–water partition coefficient (Wildman–Crippen LogP) is 3.19. The fourth-order valence-electron chi connectivity index (χ4n) is 1.98. The summed E-state index contributed by atoms with van der Waals surface area (Å²) in [6.45, 7) is 0. The van der Waals surface area contributed by atoms with Crippen molar-refractivity contribution in [2.75, 3.05) is 0 Å². The van der Waals surface area contributed by atoms with Crippen LogP contribution in [0.1, 0.15) is 0 Å². The molecule has 0 fully saturated rings. The van der Waals surface area contributed by atoms with Crippen LogP contribution in [0.15, 0.2) is 54.9 Å². The van der Waals surface area contributed by atoms with E-state index in [2.05, 4.69) is 4.98 Å². The maximum Gasteiger partial charge on any atom is 0.290 e. The van der Waals surface area contributed by atoms with Crippen molar-refractivity contribution in [1.82, 2.24) is 4.98 Å². The molecule has 0 amide bonds. The van der Waals surface area contributed by atoms with Crippen molar-refractivity contribution < 1.29 is 4.73 Å². The van der Waals surface area contributed by atoms with Crippen molar-refractivity contribution >= 4 is 22.5 Å². The number of aromatic nitrogens is 2. The maximum atomic E-state index is 12.0. The smallest absolute Gasteiger partial charge is 0.290 e. The summed E-state index contributed by atoms with van der Waals surface area (Å²) in [7, 11) is 0. The van der Waals surface area contributed by atoms with Gasteiger partial charge in [-0.2, -0.15) is 0 Å². The number of benzene rings is 2. The molecule has 0 bridgehead atoms. The van der Waals surface area contributed by atoms with Gasteiger partial charge in [0.1, 0.15) is 5.69 Å². The monoisotopic (exact) mass is 256 g/mol. The molecule has 4 heteroatoms. The first-order valence-corrected chi connectivity index (χ1v) is 5.86. The molecule has 3 rings (SSSR count). The lowest BCUT2D eigenvalue weighted by Gasteiger charge is -2.10. The van der Waals surface area contributed by atoms with Gasteiger partial charge in [0.2, 0.25) is 0 Å². The molecule has 0 saturated heterocycles. The largest absolute Gasteiger partial charge is 0.710 e. The van der Waals surface area contributed by atoms with E-state index < -0.39 is 0 Å². The Balaban J connectivity index is 2.40. The van der Waals surface area contributed by atoms with Crippen molar-refractivity contribution in [2.45, 2.75) is 0 Å². The molecule has 0 aliphatic carbocycles. The topological polar surface area (TPSA) is 39.8 Å². The molecule has 3 nitrogen and oxygen atoms in total. The molecule has 0 aliphatic heterocycles. The van der Waals surface area contributed by atoms with Gasteiger partial charge in [0.05, 0.1) is 5.39 Å². The Bertz CT molecular complexity index is 708. The Morgan fingerprint density at radius 2 is 1.83 bits per heavy atom. The van der Waals surface area contributed by atoms with Crippen LogP contribution in [0, 0.1) is 5.21 Å². The zero-order chi connectivity index (χ0) is 12.5. The van der Waals surface area contributed by atoms with E-state index in [4.69, 9.17) is 11.6 Å².